The minimum Gasteiger partial charge on any atom is -0.326 e. The van der Waals surface area contributed by atoms with E-state index in [2.05, 4.69) is 21.2 Å². The Morgan fingerprint density at radius 3 is 2.39 bits per heavy atom. The van der Waals surface area contributed by atoms with E-state index in [0.717, 1.165) is 44.9 Å². The number of carbonyl (C=O) groups excluding carboxylic acids is 1. The molecule has 152 valence electrons. The van der Waals surface area contributed by atoms with Crippen LogP contribution in [0.5, 0.6) is 0 Å². The zero-order chi connectivity index (χ0) is 19.6. The van der Waals surface area contributed by atoms with Crippen molar-refractivity contribution in [2.24, 2.45) is 17.3 Å². The van der Waals surface area contributed by atoms with Crippen molar-refractivity contribution in [1.29, 1.82) is 0 Å². The van der Waals surface area contributed by atoms with Gasteiger partial charge in [0.05, 0.1) is 15.6 Å². The lowest BCUT2D eigenvalue weighted by Gasteiger charge is -2.59. The normalized spacial score (nSPS) is 37.3. The Bertz CT molecular complexity index is 892. The molecule has 0 aromatic heterocycles. The number of alkyl halides is 1. The predicted octanol–water partition coefficient (Wildman–Crippen LogP) is 5.08. The molecule has 0 spiro atoms. The van der Waals surface area contributed by atoms with Crippen molar-refractivity contribution < 1.29 is 13.2 Å². The summed E-state index contributed by atoms with van der Waals surface area (Å²) in [5, 5.41) is 2.83. The minimum absolute atomic E-state index is 0.0841. The lowest BCUT2D eigenvalue weighted by molar-refractivity contribution is -0.138. The van der Waals surface area contributed by atoms with Crippen LogP contribution in [-0.2, 0) is 14.6 Å². The van der Waals surface area contributed by atoms with Gasteiger partial charge < -0.3 is 5.32 Å². The number of carbonyl (C=O) groups is 1. The number of amides is 1. The van der Waals surface area contributed by atoms with Gasteiger partial charge in [-0.05, 0) is 81.4 Å². The molecule has 6 heteroatoms. The Kier molecular flexibility index (Phi) is 4.48. The monoisotopic (exact) mass is 465 g/mol. The van der Waals surface area contributed by atoms with Crippen LogP contribution in [0.15, 0.2) is 29.2 Å². The quantitative estimate of drug-likeness (QED) is 0.630. The van der Waals surface area contributed by atoms with E-state index >= 15 is 0 Å². The van der Waals surface area contributed by atoms with E-state index in [0.29, 0.717) is 22.4 Å². The molecular weight excluding hydrogens is 438 g/mol. The molecular formula is C22H28BrNO3S. The highest BCUT2D eigenvalue weighted by atomic mass is 79.9. The van der Waals surface area contributed by atoms with Crippen molar-refractivity contribution in [3.8, 4) is 0 Å². The Balaban J connectivity index is 1.38. The standard InChI is InChI=1S/C22H28BrNO3S/c23-22-12-15-8-16(13-22)11-21(10-15,14-22)20(25)24-17-4-3-7-19(9-17)28(26,27)18-5-1-2-6-18/h3-4,7,9,15-16,18H,1-2,5-6,8,10-14H2,(H,24,25). The summed E-state index contributed by atoms with van der Waals surface area (Å²) in [7, 11) is -3.31. The first kappa shape index (κ1) is 19.1. The summed E-state index contributed by atoms with van der Waals surface area (Å²) in [6.45, 7) is 0. The second-order valence-electron chi connectivity index (χ2n) is 9.83. The SMILES string of the molecule is O=C(Nc1cccc(S(=O)(=O)C2CCCC2)c1)C12CC3CC(CC(Br)(C3)C1)C2. The van der Waals surface area contributed by atoms with E-state index in [1.165, 1.54) is 19.3 Å². The van der Waals surface area contributed by atoms with Crippen LogP contribution in [0.3, 0.4) is 0 Å². The number of sulfone groups is 1. The minimum atomic E-state index is -3.31. The van der Waals surface area contributed by atoms with Crippen molar-refractivity contribution in [3.05, 3.63) is 24.3 Å². The molecule has 5 aliphatic carbocycles. The van der Waals surface area contributed by atoms with Crippen LogP contribution >= 0.6 is 15.9 Å². The first-order valence-corrected chi connectivity index (χ1v) is 13.0. The van der Waals surface area contributed by atoms with Gasteiger partial charge in [-0.1, -0.05) is 34.8 Å². The molecule has 2 atom stereocenters. The molecule has 6 rings (SSSR count). The lowest BCUT2D eigenvalue weighted by atomic mass is 9.49. The molecule has 0 aliphatic heterocycles. The molecule has 28 heavy (non-hydrogen) atoms. The summed E-state index contributed by atoms with van der Waals surface area (Å²) in [5.74, 6) is 1.36. The van der Waals surface area contributed by atoms with Crippen molar-refractivity contribution in [1.82, 2.24) is 0 Å². The van der Waals surface area contributed by atoms with Crippen LogP contribution in [0.4, 0.5) is 5.69 Å². The number of nitrogens with one attached hydrogen (secondary N) is 1. The Morgan fingerprint density at radius 2 is 1.75 bits per heavy atom. The van der Waals surface area contributed by atoms with Gasteiger partial charge in [0.2, 0.25) is 5.91 Å². The van der Waals surface area contributed by atoms with Crippen molar-refractivity contribution in [3.63, 3.8) is 0 Å². The maximum Gasteiger partial charge on any atom is 0.230 e. The van der Waals surface area contributed by atoms with Crippen LogP contribution in [0, 0.1) is 17.3 Å². The average molecular weight is 466 g/mol. The van der Waals surface area contributed by atoms with E-state index < -0.39 is 9.84 Å². The number of anilines is 1. The van der Waals surface area contributed by atoms with Gasteiger partial charge in [0.25, 0.3) is 0 Å². The highest BCUT2D eigenvalue weighted by Crippen LogP contribution is 2.64. The molecule has 0 saturated heterocycles. The fourth-order valence-corrected chi connectivity index (χ4v) is 10.2. The Hall–Kier alpha value is -0.880. The fourth-order valence-electron chi connectivity index (χ4n) is 6.82. The van der Waals surface area contributed by atoms with Crippen LogP contribution in [0.25, 0.3) is 0 Å². The summed E-state index contributed by atoms with van der Waals surface area (Å²) >= 11 is 3.96. The molecule has 1 amide bonds. The second-order valence-corrected chi connectivity index (χ2v) is 13.7. The molecule has 2 unspecified atom stereocenters. The predicted molar refractivity (Wildman–Crippen MR) is 113 cm³/mol. The highest BCUT2D eigenvalue weighted by Gasteiger charge is 2.59. The molecule has 5 aliphatic rings. The summed E-state index contributed by atoms with van der Waals surface area (Å²) in [6.07, 6.45) is 9.96. The second kappa shape index (κ2) is 6.56. The first-order valence-electron chi connectivity index (χ1n) is 10.6. The Labute approximate surface area is 175 Å². The first-order chi connectivity index (χ1) is 13.3. The van der Waals surface area contributed by atoms with E-state index in [1.54, 1.807) is 18.2 Å². The zero-order valence-electron chi connectivity index (χ0n) is 16.1. The lowest BCUT2D eigenvalue weighted by Crippen LogP contribution is -2.57. The fraction of sp³-hybridized carbons (Fsp3) is 0.682. The smallest absolute Gasteiger partial charge is 0.230 e. The van der Waals surface area contributed by atoms with Crippen molar-refractivity contribution in [2.45, 2.75) is 78.7 Å². The third kappa shape index (κ3) is 3.15. The summed E-state index contributed by atoms with van der Waals surface area (Å²) in [4.78, 5) is 13.7. The van der Waals surface area contributed by atoms with E-state index in [1.807, 2.05) is 6.07 Å². The number of benzene rings is 1. The number of hydrogen-bond donors (Lipinski definition) is 1. The van der Waals surface area contributed by atoms with Crippen LogP contribution in [0.1, 0.15) is 64.2 Å². The van der Waals surface area contributed by atoms with Gasteiger partial charge in [-0.25, -0.2) is 8.42 Å². The molecule has 0 heterocycles. The van der Waals surface area contributed by atoms with E-state index in [-0.39, 0.29) is 20.9 Å². The van der Waals surface area contributed by atoms with Gasteiger partial charge >= 0.3 is 0 Å². The van der Waals surface area contributed by atoms with Gasteiger partial charge in [0, 0.05) is 10.0 Å². The topological polar surface area (TPSA) is 63.2 Å². The highest BCUT2D eigenvalue weighted by molar-refractivity contribution is 9.10. The average Bonchev–Trinajstić information content (AvgIpc) is 3.15. The van der Waals surface area contributed by atoms with Crippen molar-refractivity contribution in [2.75, 3.05) is 5.32 Å². The third-order valence-electron chi connectivity index (χ3n) is 7.63. The van der Waals surface area contributed by atoms with Crippen LogP contribution in [0.2, 0.25) is 0 Å². The van der Waals surface area contributed by atoms with Gasteiger partial charge in [-0.15, -0.1) is 0 Å². The third-order valence-corrected chi connectivity index (χ3v) is 10.8. The zero-order valence-corrected chi connectivity index (χ0v) is 18.5. The maximum atomic E-state index is 13.3. The van der Waals surface area contributed by atoms with Gasteiger partial charge in [-0.3, -0.25) is 4.79 Å². The number of halogens is 1. The molecule has 0 radical (unpaired) electrons. The summed E-state index contributed by atoms with van der Waals surface area (Å²) in [5.41, 5.74) is 0.317. The van der Waals surface area contributed by atoms with E-state index in [4.69, 9.17) is 0 Å². The van der Waals surface area contributed by atoms with Crippen LogP contribution < -0.4 is 5.32 Å². The van der Waals surface area contributed by atoms with Gasteiger partial charge in [0.1, 0.15) is 0 Å². The van der Waals surface area contributed by atoms with E-state index in [9.17, 15) is 13.2 Å². The van der Waals surface area contributed by atoms with Crippen molar-refractivity contribution >= 4 is 37.4 Å². The summed E-state index contributed by atoms with van der Waals surface area (Å²) < 4.78 is 26.0. The number of hydrogen-bond acceptors (Lipinski definition) is 3. The molecule has 1 aromatic carbocycles. The van der Waals surface area contributed by atoms with Gasteiger partial charge in [0.15, 0.2) is 9.84 Å². The molecule has 4 bridgehead atoms. The number of rotatable bonds is 4. The van der Waals surface area contributed by atoms with Crippen LogP contribution in [-0.4, -0.2) is 23.9 Å². The molecule has 1 aromatic rings. The molecule has 5 fully saturated rings. The largest absolute Gasteiger partial charge is 0.326 e. The molecule has 5 saturated carbocycles. The maximum absolute atomic E-state index is 13.3. The molecule has 4 nitrogen and oxygen atoms in total. The molecule has 1 N–H and O–H groups in total. The van der Waals surface area contributed by atoms with Gasteiger partial charge in [-0.2, -0.15) is 0 Å². The Morgan fingerprint density at radius 1 is 1.07 bits per heavy atom. The summed E-state index contributed by atoms with van der Waals surface area (Å²) in [6, 6.07) is 6.90.